The quantitative estimate of drug-likeness (QED) is 0.269. The van der Waals surface area contributed by atoms with Crippen LogP contribution >= 0.6 is 24.8 Å². The van der Waals surface area contributed by atoms with Crippen LogP contribution in [-0.4, -0.2) is 68.6 Å². The van der Waals surface area contributed by atoms with E-state index in [1.54, 1.807) is 0 Å². The molecule has 0 aliphatic carbocycles. The Bertz CT molecular complexity index is 34.5. The first-order valence-corrected chi connectivity index (χ1v) is 1.51. The van der Waals surface area contributed by atoms with E-state index in [0.29, 0.717) is 0 Å². The van der Waals surface area contributed by atoms with E-state index in [1.807, 2.05) is 0 Å². The van der Waals surface area contributed by atoms with Gasteiger partial charge in [0, 0.05) is 0 Å². The Labute approximate surface area is 91.9 Å². The molecule has 0 bridgehead atoms. The van der Waals surface area contributed by atoms with Gasteiger partial charge in [-0.25, -0.2) is 0 Å². The van der Waals surface area contributed by atoms with Crippen molar-refractivity contribution in [3.63, 3.8) is 0 Å². The van der Waals surface area contributed by atoms with Crippen LogP contribution in [0.25, 0.3) is 0 Å². The minimum atomic E-state index is -0.306. The number of thiol groups is 1. The van der Waals surface area contributed by atoms with E-state index in [4.69, 9.17) is 5.11 Å². The Morgan fingerprint density at radius 1 is 1.50 bits per heavy atom. The van der Waals surface area contributed by atoms with Gasteiger partial charge in [0.2, 0.25) is 4.38 Å². The van der Waals surface area contributed by atoms with Crippen LogP contribution in [0.15, 0.2) is 0 Å². The van der Waals surface area contributed by atoms with Crippen molar-refractivity contribution in [2.24, 2.45) is 0 Å². The van der Waals surface area contributed by atoms with Gasteiger partial charge in [-0.05, 0) is 12.2 Å². The molecule has 1 nitrogen and oxygen atoms in total. The fourth-order valence-electron chi connectivity index (χ4n) is 0. The van der Waals surface area contributed by atoms with Crippen molar-refractivity contribution >= 4 is 88.3 Å². The van der Waals surface area contributed by atoms with E-state index in [0.717, 1.165) is 0 Å². The molecule has 0 fully saturated rings. The molecule has 5 heteroatoms. The molecule has 28 valence electrons. The first kappa shape index (κ1) is 15.7. The fourth-order valence-corrected chi connectivity index (χ4v) is 0. The second-order valence-electron chi connectivity index (χ2n) is 0.283. The molecular formula is CH4Na2OS2. The zero-order chi connectivity index (χ0) is 3.58. The summed E-state index contributed by atoms with van der Waals surface area (Å²) in [5.41, 5.74) is 0. The zero-order valence-electron chi connectivity index (χ0n) is 1.80. The summed E-state index contributed by atoms with van der Waals surface area (Å²) in [5, 5.41) is 7.65. The summed E-state index contributed by atoms with van der Waals surface area (Å²) in [5.74, 6) is 0. The molecule has 0 aromatic heterocycles. The van der Waals surface area contributed by atoms with Crippen LogP contribution in [0.4, 0.5) is 0 Å². The van der Waals surface area contributed by atoms with Crippen LogP contribution in [0, 0.1) is 0 Å². The summed E-state index contributed by atoms with van der Waals surface area (Å²) in [6.07, 6.45) is 0. The molecule has 0 aliphatic heterocycles. The van der Waals surface area contributed by atoms with Crippen molar-refractivity contribution in [2.75, 3.05) is 0 Å². The van der Waals surface area contributed by atoms with Gasteiger partial charge in [0.1, 0.15) is 0 Å². The van der Waals surface area contributed by atoms with Crippen molar-refractivity contribution in [1.82, 2.24) is 0 Å². The summed E-state index contributed by atoms with van der Waals surface area (Å²) in [4.78, 5) is 0. The molecule has 0 aliphatic rings. The van der Waals surface area contributed by atoms with E-state index in [1.165, 1.54) is 0 Å². The molecule has 0 amide bonds. The second-order valence-corrected chi connectivity index (χ2v) is 1.40. The average molecular weight is 142 g/mol. The van der Waals surface area contributed by atoms with E-state index in [2.05, 4.69) is 24.8 Å². The van der Waals surface area contributed by atoms with Gasteiger partial charge < -0.3 is 5.11 Å². The molecule has 0 radical (unpaired) electrons. The van der Waals surface area contributed by atoms with Gasteiger partial charge in [-0.3, -0.25) is 0 Å². The third-order valence-electron chi connectivity index (χ3n) is 0. The summed E-state index contributed by atoms with van der Waals surface area (Å²) < 4.78 is -0.306. The van der Waals surface area contributed by atoms with Crippen molar-refractivity contribution in [2.45, 2.75) is 0 Å². The van der Waals surface area contributed by atoms with E-state index in [-0.39, 0.29) is 63.5 Å². The number of thiocarbonyl (C=S) groups is 1. The maximum absolute atomic E-state index is 7.65. The van der Waals surface area contributed by atoms with Crippen LogP contribution < -0.4 is 0 Å². The van der Waals surface area contributed by atoms with Crippen LogP contribution in [0.5, 0.6) is 0 Å². The molecule has 0 rings (SSSR count). The first-order chi connectivity index (χ1) is 1.73. The fraction of sp³-hybridized carbons (Fsp3) is 0. The molecular weight excluding hydrogens is 138 g/mol. The predicted octanol–water partition coefficient (Wildman–Crippen LogP) is -0.538. The number of hydrogen-bond donors (Lipinski definition) is 2. The Morgan fingerprint density at radius 2 is 1.50 bits per heavy atom. The molecule has 1 N–H and O–H groups in total. The van der Waals surface area contributed by atoms with Crippen LogP contribution in [0.1, 0.15) is 0 Å². The monoisotopic (exact) mass is 142 g/mol. The molecule has 0 spiro atoms. The zero-order valence-corrected chi connectivity index (χ0v) is 3.51. The predicted molar refractivity (Wildman–Crippen MR) is 38.5 cm³/mol. The topological polar surface area (TPSA) is 20.2 Å². The first-order valence-electron chi connectivity index (χ1n) is 0.651. The number of aliphatic hydroxyl groups is 1. The Balaban J connectivity index is -0.0000000450. The Morgan fingerprint density at radius 3 is 1.50 bits per heavy atom. The maximum atomic E-state index is 7.65. The van der Waals surface area contributed by atoms with Gasteiger partial charge in [-0.2, -0.15) is 0 Å². The van der Waals surface area contributed by atoms with Crippen molar-refractivity contribution in [3.05, 3.63) is 0 Å². The van der Waals surface area contributed by atoms with Crippen LogP contribution in [0.3, 0.4) is 0 Å². The molecule has 0 saturated carbocycles. The van der Waals surface area contributed by atoms with Crippen molar-refractivity contribution < 1.29 is 5.11 Å². The summed E-state index contributed by atoms with van der Waals surface area (Å²) in [6.45, 7) is 0. The van der Waals surface area contributed by atoms with E-state index in [9.17, 15) is 0 Å². The summed E-state index contributed by atoms with van der Waals surface area (Å²) >= 11 is 7.21. The van der Waals surface area contributed by atoms with Gasteiger partial charge in [0.15, 0.2) is 0 Å². The summed E-state index contributed by atoms with van der Waals surface area (Å²) in [7, 11) is 0. The number of aliphatic hydroxyl groups excluding tert-OH is 1. The van der Waals surface area contributed by atoms with Gasteiger partial charge in [-0.1, -0.05) is 12.6 Å². The Kier molecular flexibility index (Phi) is 26.9. The number of hydrogen-bond acceptors (Lipinski definition) is 1. The van der Waals surface area contributed by atoms with E-state index >= 15 is 0 Å². The second kappa shape index (κ2) is 10.3. The number of rotatable bonds is 0. The third kappa shape index (κ3) is 34.1. The van der Waals surface area contributed by atoms with Crippen molar-refractivity contribution in [3.8, 4) is 0 Å². The van der Waals surface area contributed by atoms with E-state index < -0.39 is 0 Å². The van der Waals surface area contributed by atoms with Crippen LogP contribution in [-0.2, 0) is 0 Å². The molecule has 0 unspecified atom stereocenters. The Hall–Kier alpha value is 2.24. The van der Waals surface area contributed by atoms with Gasteiger partial charge in [-0.15, -0.1) is 0 Å². The molecule has 0 atom stereocenters. The molecule has 0 aromatic carbocycles. The SMILES string of the molecule is OC(=S)S.[NaH].[NaH]. The molecule has 6 heavy (non-hydrogen) atoms. The molecule has 0 heterocycles. The van der Waals surface area contributed by atoms with Gasteiger partial charge >= 0.3 is 59.1 Å². The standard InChI is InChI=1S/CH2OS2.2Na.2H/c2-1(3)4;;;;/h(H2,2,3,4);;;;. The normalized spacial score (nSPS) is 4.17. The summed E-state index contributed by atoms with van der Waals surface area (Å²) in [6, 6.07) is 0. The third-order valence-corrected chi connectivity index (χ3v) is 0. The minimum absolute atomic E-state index is 0. The van der Waals surface area contributed by atoms with Crippen molar-refractivity contribution in [1.29, 1.82) is 0 Å². The average Bonchev–Trinajstić information content (AvgIpc) is 0.811. The molecule has 0 aromatic rings. The van der Waals surface area contributed by atoms with Crippen LogP contribution in [0.2, 0.25) is 0 Å². The van der Waals surface area contributed by atoms with Gasteiger partial charge in [0.25, 0.3) is 0 Å². The molecule has 0 saturated heterocycles. The van der Waals surface area contributed by atoms with Gasteiger partial charge in [0.05, 0.1) is 0 Å².